The first-order valence-corrected chi connectivity index (χ1v) is 5.04. The number of hydrogen-bond acceptors (Lipinski definition) is 4. The highest BCUT2D eigenvalue weighted by Gasteiger charge is 2.02. The highest BCUT2D eigenvalue weighted by molar-refractivity contribution is 7.90. The Bertz CT molecular complexity index is 221. The average molecular weight is 180 g/mol. The molecule has 0 atom stereocenters. The third-order valence-electron chi connectivity index (χ3n) is 0.893. The second-order valence-corrected chi connectivity index (χ2v) is 4.38. The van der Waals surface area contributed by atoms with E-state index in [2.05, 4.69) is 4.74 Å². The molecule has 0 unspecified atom stereocenters. The monoisotopic (exact) mass is 180 g/mol. The zero-order valence-corrected chi connectivity index (χ0v) is 6.98. The molecule has 0 heterocycles. The third kappa shape index (κ3) is 9.22. The van der Waals surface area contributed by atoms with E-state index in [-0.39, 0.29) is 18.8 Å². The maximum absolute atomic E-state index is 10.5. The number of nitrogens with one attached hydrogen (secondary N) is 1. The van der Waals surface area contributed by atoms with Gasteiger partial charge in [0.05, 0.1) is 12.4 Å². The summed E-state index contributed by atoms with van der Waals surface area (Å²) in [4.78, 5) is 9.86. The number of rotatable bonds is 4. The van der Waals surface area contributed by atoms with E-state index in [1.807, 2.05) is 0 Å². The number of carbonyl (C=O) groups is 1. The van der Waals surface area contributed by atoms with E-state index in [1.165, 1.54) is 0 Å². The van der Waals surface area contributed by atoms with Gasteiger partial charge in [0.15, 0.2) is 0 Å². The van der Waals surface area contributed by atoms with E-state index in [0.29, 0.717) is 0 Å². The summed E-state index contributed by atoms with van der Waals surface area (Å²) in [6.07, 6.45) is 0.234. The molecule has 0 aromatic rings. The van der Waals surface area contributed by atoms with Crippen LogP contribution in [0.25, 0.3) is 0 Å². The molecule has 1 amide bonds. The molecule has 65 valence electrons. The molecular formula is C5H10NO4S. The Morgan fingerprint density at radius 1 is 1.55 bits per heavy atom. The van der Waals surface area contributed by atoms with Gasteiger partial charge in [-0.05, 0) is 6.42 Å². The lowest BCUT2D eigenvalue weighted by Crippen LogP contribution is -2.09. The molecule has 0 spiro atoms. The first-order chi connectivity index (χ1) is 4.92. The van der Waals surface area contributed by atoms with Gasteiger partial charge in [0.2, 0.25) is 0 Å². The average Bonchev–Trinajstić information content (AvgIpc) is 1.78. The van der Waals surface area contributed by atoms with Gasteiger partial charge in [-0.1, -0.05) is 0 Å². The van der Waals surface area contributed by atoms with Crippen LogP contribution in [0.1, 0.15) is 6.42 Å². The fraction of sp³-hybridized carbons (Fsp3) is 0.800. The van der Waals surface area contributed by atoms with Gasteiger partial charge in [-0.2, -0.15) is 0 Å². The highest BCUT2D eigenvalue weighted by Crippen LogP contribution is 1.89. The Labute approximate surface area is 65.4 Å². The van der Waals surface area contributed by atoms with E-state index < -0.39 is 15.9 Å². The smallest absolute Gasteiger partial charge is 0.426 e. The molecule has 0 bridgehead atoms. The number of amides is 1. The van der Waals surface area contributed by atoms with E-state index in [1.54, 1.807) is 0 Å². The van der Waals surface area contributed by atoms with Crippen molar-refractivity contribution in [2.45, 2.75) is 6.42 Å². The molecule has 6 heteroatoms. The van der Waals surface area contributed by atoms with Crippen LogP contribution in [0.2, 0.25) is 0 Å². The van der Waals surface area contributed by atoms with Crippen molar-refractivity contribution in [1.82, 2.24) is 5.73 Å². The van der Waals surface area contributed by atoms with Crippen molar-refractivity contribution < 1.29 is 17.9 Å². The second-order valence-electron chi connectivity index (χ2n) is 2.12. The molecule has 0 saturated carbocycles. The van der Waals surface area contributed by atoms with E-state index >= 15 is 0 Å². The van der Waals surface area contributed by atoms with Crippen LogP contribution in [0.4, 0.5) is 4.79 Å². The Hall–Kier alpha value is -0.780. The summed E-state index contributed by atoms with van der Waals surface area (Å²) in [7, 11) is -2.97. The molecule has 1 N–H and O–H groups in total. The summed E-state index contributed by atoms with van der Waals surface area (Å²) in [5.41, 5.74) is 6.30. The van der Waals surface area contributed by atoms with Crippen LogP contribution < -0.4 is 5.73 Å². The molecule has 1 radical (unpaired) electrons. The molecule has 0 aromatic heterocycles. The van der Waals surface area contributed by atoms with Crippen LogP contribution in [-0.2, 0) is 14.6 Å². The zero-order valence-electron chi connectivity index (χ0n) is 6.16. The van der Waals surface area contributed by atoms with Gasteiger partial charge in [-0.15, -0.1) is 0 Å². The van der Waals surface area contributed by atoms with Gasteiger partial charge in [0, 0.05) is 6.26 Å². The minimum Gasteiger partial charge on any atom is -0.448 e. The summed E-state index contributed by atoms with van der Waals surface area (Å²) < 4.78 is 25.2. The molecular weight excluding hydrogens is 170 g/mol. The van der Waals surface area contributed by atoms with Crippen LogP contribution in [0.5, 0.6) is 0 Å². The maximum atomic E-state index is 10.5. The fourth-order valence-corrected chi connectivity index (χ4v) is 1.13. The van der Waals surface area contributed by atoms with Gasteiger partial charge < -0.3 is 4.74 Å². The molecule has 0 saturated heterocycles. The Morgan fingerprint density at radius 2 is 2.09 bits per heavy atom. The second kappa shape index (κ2) is 4.17. The van der Waals surface area contributed by atoms with Crippen LogP contribution in [0, 0.1) is 0 Å². The Kier molecular flexibility index (Phi) is 3.88. The molecule has 0 fully saturated rings. The van der Waals surface area contributed by atoms with Crippen molar-refractivity contribution in [3.8, 4) is 0 Å². The lowest BCUT2D eigenvalue weighted by atomic mass is 10.5. The van der Waals surface area contributed by atoms with Crippen LogP contribution in [-0.4, -0.2) is 33.1 Å². The largest absolute Gasteiger partial charge is 0.448 e. The SMILES string of the molecule is CS(=O)(=O)CCCOC([NH])=O. The van der Waals surface area contributed by atoms with E-state index in [4.69, 9.17) is 5.73 Å². The van der Waals surface area contributed by atoms with Gasteiger partial charge in [-0.25, -0.2) is 18.9 Å². The van der Waals surface area contributed by atoms with E-state index in [9.17, 15) is 13.2 Å². The molecule has 0 aromatic carbocycles. The van der Waals surface area contributed by atoms with Crippen LogP contribution in [0.15, 0.2) is 0 Å². The fourth-order valence-electron chi connectivity index (χ4n) is 0.486. The number of ether oxygens (including phenoxy) is 1. The third-order valence-corrected chi connectivity index (χ3v) is 1.92. The summed E-state index contributed by atoms with van der Waals surface area (Å²) in [5, 5.41) is 0. The Balaban J connectivity index is 3.37. The minimum absolute atomic E-state index is 0.00456. The minimum atomic E-state index is -2.97. The summed E-state index contributed by atoms with van der Waals surface area (Å²) >= 11 is 0. The predicted molar refractivity (Wildman–Crippen MR) is 38.8 cm³/mol. The van der Waals surface area contributed by atoms with Gasteiger partial charge >= 0.3 is 6.09 Å². The van der Waals surface area contributed by atoms with Crippen LogP contribution >= 0.6 is 0 Å². The highest BCUT2D eigenvalue weighted by atomic mass is 32.2. The zero-order chi connectivity index (χ0) is 8.91. The number of sulfone groups is 1. The molecule has 0 aliphatic heterocycles. The standard InChI is InChI=1S/C5H10NO4S/c1-11(8,9)4-2-3-10-5(6)7/h6H,2-4H2,1H3. The molecule has 5 nitrogen and oxygen atoms in total. The van der Waals surface area contributed by atoms with Crippen molar-refractivity contribution >= 4 is 15.9 Å². The topological polar surface area (TPSA) is 84.2 Å². The maximum Gasteiger partial charge on any atom is 0.426 e. The van der Waals surface area contributed by atoms with Crippen molar-refractivity contribution in [3.63, 3.8) is 0 Å². The van der Waals surface area contributed by atoms with Gasteiger partial charge in [-0.3, -0.25) is 0 Å². The molecule has 11 heavy (non-hydrogen) atoms. The first kappa shape index (κ1) is 10.2. The lowest BCUT2D eigenvalue weighted by Gasteiger charge is -1.98. The summed E-state index contributed by atoms with van der Waals surface area (Å²) in [6.45, 7) is -0.00456. The molecule has 0 rings (SSSR count). The lowest BCUT2D eigenvalue weighted by molar-refractivity contribution is 0.155. The molecule has 0 aliphatic rings. The van der Waals surface area contributed by atoms with Gasteiger partial charge in [0.1, 0.15) is 9.84 Å². The Morgan fingerprint density at radius 3 is 2.45 bits per heavy atom. The quantitative estimate of drug-likeness (QED) is 0.563. The van der Waals surface area contributed by atoms with Crippen molar-refractivity contribution in [1.29, 1.82) is 0 Å². The molecule has 0 aliphatic carbocycles. The van der Waals surface area contributed by atoms with Crippen LogP contribution in [0.3, 0.4) is 0 Å². The van der Waals surface area contributed by atoms with Crippen molar-refractivity contribution in [2.75, 3.05) is 18.6 Å². The number of carbonyl (C=O) groups excluding carboxylic acids is 1. The normalized spacial score (nSPS) is 11.0. The van der Waals surface area contributed by atoms with Crippen molar-refractivity contribution in [3.05, 3.63) is 0 Å². The number of hydrogen-bond donors (Lipinski definition) is 0. The van der Waals surface area contributed by atoms with E-state index in [0.717, 1.165) is 6.26 Å². The predicted octanol–water partition coefficient (Wildman–Crippen LogP) is -0.159. The van der Waals surface area contributed by atoms with Crippen molar-refractivity contribution in [2.24, 2.45) is 0 Å². The summed E-state index contributed by atoms with van der Waals surface area (Å²) in [6, 6.07) is 0. The summed E-state index contributed by atoms with van der Waals surface area (Å²) in [5.74, 6) is -0.0136. The van der Waals surface area contributed by atoms with Gasteiger partial charge in [0.25, 0.3) is 0 Å². The first-order valence-electron chi connectivity index (χ1n) is 2.98.